The fraction of sp³-hybridized carbons (Fsp3) is 0. The van der Waals surface area contributed by atoms with Crippen molar-refractivity contribution < 1.29 is 23.0 Å². The first-order chi connectivity index (χ1) is 8.99. The molecule has 98 valence electrons. The molecule has 0 aliphatic rings. The molecule has 0 fully saturated rings. The van der Waals surface area contributed by atoms with Crippen molar-refractivity contribution in [3.05, 3.63) is 51.8 Å². The molecule has 0 saturated heterocycles. The number of benzene rings is 1. The van der Waals surface area contributed by atoms with Crippen LogP contribution in [0.4, 0.5) is 20.3 Å². The number of rotatable bonds is 3. The Hall–Kier alpha value is -2.84. The zero-order valence-electron chi connectivity index (χ0n) is 9.09. The molecule has 2 rings (SSSR count). The summed E-state index contributed by atoms with van der Waals surface area (Å²) in [5.41, 5.74) is -1.72. The number of hydrogen-bond acceptors (Lipinski definition) is 5. The predicted molar refractivity (Wildman–Crippen MR) is 57.5 cm³/mol. The van der Waals surface area contributed by atoms with Crippen LogP contribution in [0.2, 0.25) is 0 Å². The Kier molecular flexibility index (Phi) is 3.19. The summed E-state index contributed by atoms with van der Waals surface area (Å²) in [4.78, 5) is 20.9. The van der Waals surface area contributed by atoms with E-state index in [9.17, 15) is 23.7 Å². The first-order valence-corrected chi connectivity index (χ1v) is 4.84. The largest absolute Gasteiger partial charge is 0.363 e. The molecule has 0 bridgehead atoms. The second-order valence-electron chi connectivity index (χ2n) is 3.38. The Balaban J connectivity index is 2.32. The van der Waals surface area contributed by atoms with Crippen molar-refractivity contribution in [2.75, 3.05) is 5.32 Å². The maximum Gasteiger partial charge on any atom is 0.307 e. The molecule has 2 aromatic rings. The minimum Gasteiger partial charge on any atom is -0.363 e. The van der Waals surface area contributed by atoms with E-state index in [1.807, 2.05) is 0 Å². The summed E-state index contributed by atoms with van der Waals surface area (Å²) in [6, 6.07) is 2.08. The molecule has 0 spiro atoms. The van der Waals surface area contributed by atoms with Crippen LogP contribution in [0.3, 0.4) is 0 Å². The zero-order valence-corrected chi connectivity index (χ0v) is 9.09. The molecule has 0 atom stereocenters. The van der Waals surface area contributed by atoms with E-state index in [4.69, 9.17) is 0 Å². The van der Waals surface area contributed by atoms with Crippen molar-refractivity contribution in [1.82, 2.24) is 5.16 Å². The molecular weight excluding hydrogens is 264 g/mol. The van der Waals surface area contributed by atoms with E-state index < -0.39 is 33.7 Å². The lowest BCUT2D eigenvalue weighted by atomic mass is 10.1. The van der Waals surface area contributed by atoms with Gasteiger partial charge in [0.1, 0.15) is 12.1 Å². The molecule has 0 aliphatic carbocycles. The molecule has 1 heterocycles. The molecule has 1 amide bonds. The predicted octanol–water partition coefficient (Wildman–Crippen LogP) is 2.11. The van der Waals surface area contributed by atoms with Crippen molar-refractivity contribution in [3.63, 3.8) is 0 Å². The number of carbonyl (C=O) groups excluding carboxylic acids is 1. The van der Waals surface area contributed by atoms with Gasteiger partial charge in [0.2, 0.25) is 5.82 Å². The first-order valence-electron chi connectivity index (χ1n) is 4.84. The standard InChI is InChI=1S/C10H5F2N3O4/c11-6-4-8(15(17)18)7(12)3-5(6)10(16)13-9-1-2-19-14-9/h1-4H,(H,13,14,16). The average molecular weight is 269 g/mol. The van der Waals surface area contributed by atoms with Crippen molar-refractivity contribution in [3.8, 4) is 0 Å². The lowest BCUT2D eigenvalue weighted by Gasteiger charge is -2.03. The summed E-state index contributed by atoms with van der Waals surface area (Å²) in [5, 5.41) is 15.9. The molecule has 1 aromatic heterocycles. The first kappa shape index (κ1) is 12.6. The van der Waals surface area contributed by atoms with Crippen LogP contribution in [0.15, 0.2) is 29.0 Å². The van der Waals surface area contributed by atoms with Gasteiger partial charge in [0, 0.05) is 6.07 Å². The van der Waals surface area contributed by atoms with E-state index in [0.29, 0.717) is 12.1 Å². The van der Waals surface area contributed by atoms with Gasteiger partial charge in [0.05, 0.1) is 16.6 Å². The van der Waals surface area contributed by atoms with Gasteiger partial charge in [-0.15, -0.1) is 0 Å². The smallest absolute Gasteiger partial charge is 0.307 e. The van der Waals surface area contributed by atoms with Crippen molar-refractivity contribution in [2.45, 2.75) is 0 Å². The van der Waals surface area contributed by atoms with Crippen molar-refractivity contribution in [1.29, 1.82) is 0 Å². The molecule has 1 N–H and O–H groups in total. The van der Waals surface area contributed by atoms with Crippen LogP contribution in [0.1, 0.15) is 10.4 Å². The van der Waals surface area contributed by atoms with Crippen LogP contribution in [0.5, 0.6) is 0 Å². The number of hydrogen-bond donors (Lipinski definition) is 1. The van der Waals surface area contributed by atoms with Crippen LogP contribution in [-0.2, 0) is 0 Å². The number of anilines is 1. The third-order valence-corrected chi connectivity index (χ3v) is 2.16. The van der Waals surface area contributed by atoms with E-state index >= 15 is 0 Å². The number of nitrogens with zero attached hydrogens (tertiary/aromatic N) is 2. The van der Waals surface area contributed by atoms with E-state index in [2.05, 4.69) is 15.0 Å². The summed E-state index contributed by atoms with van der Waals surface area (Å²) < 4.78 is 31.2. The van der Waals surface area contributed by atoms with Gasteiger partial charge in [-0.25, -0.2) is 4.39 Å². The van der Waals surface area contributed by atoms with E-state index in [1.165, 1.54) is 12.3 Å². The SMILES string of the molecule is O=C(Nc1ccon1)c1cc(F)c([N+](=O)[O-])cc1F. The molecular formula is C10H5F2N3O4. The summed E-state index contributed by atoms with van der Waals surface area (Å²) in [6.45, 7) is 0. The van der Waals surface area contributed by atoms with E-state index in [-0.39, 0.29) is 5.82 Å². The zero-order chi connectivity index (χ0) is 14.0. The quantitative estimate of drug-likeness (QED) is 0.679. The number of aromatic nitrogens is 1. The Labute approximate surface area is 104 Å². The number of amides is 1. The van der Waals surface area contributed by atoms with Crippen LogP contribution in [0.25, 0.3) is 0 Å². The lowest BCUT2D eigenvalue weighted by Crippen LogP contribution is -2.14. The summed E-state index contributed by atoms with van der Waals surface area (Å²) in [6.07, 6.45) is 1.17. The van der Waals surface area contributed by atoms with Crippen LogP contribution in [-0.4, -0.2) is 16.0 Å². The third kappa shape index (κ3) is 2.54. The van der Waals surface area contributed by atoms with Crippen molar-refractivity contribution >= 4 is 17.4 Å². The molecule has 19 heavy (non-hydrogen) atoms. The second kappa shape index (κ2) is 4.80. The summed E-state index contributed by atoms with van der Waals surface area (Å²) in [5.74, 6) is -3.52. The van der Waals surface area contributed by atoms with Crippen LogP contribution < -0.4 is 5.32 Å². The third-order valence-electron chi connectivity index (χ3n) is 2.16. The average Bonchev–Trinajstić information content (AvgIpc) is 2.83. The molecule has 7 nitrogen and oxygen atoms in total. The van der Waals surface area contributed by atoms with Gasteiger partial charge in [-0.3, -0.25) is 14.9 Å². The van der Waals surface area contributed by atoms with Gasteiger partial charge in [0.25, 0.3) is 5.91 Å². The lowest BCUT2D eigenvalue weighted by molar-refractivity contribution is -0.387. The summed E-state index contributed by atoms with van der Waals surface area (Å²) in [7, 11) is 0. The highest BCUT2D eigenvalue weighted by molar-refractivity contribution is 6.04. The molecule has 9 heteroatoms. The number of carbonyl (C=O) groups is 1. The topological polar surface area (TPSA) is 98.3 Å². The highest BCUT2D eigenvalue weighted by atomic mass is 19.1. The fourth-order valence-electron chi connectivity index (χ4n) is 1.31. The maximum atomic E-state index is 13.5. The van der Waals surface area contributed by atoms with Gasteiger partial charge in [-0.2, -0.15) is 4.39 Å². The molecule has 0 aliphatic heterocycles. The second-order valence-corrected chi connectivity index (χ2v) is 3.38. The monoisotopic (exact) mass is 269 g/mol. The number of halogens is 2. The molecule has 0 radical (unpaired) electrons. The minimum absolute atomic E-state index is 0.00293. The van der Waals surface area contributed by atoms with Crippen molar-refractivity contribution in [2.24, 2.45) is 0 Å². The Morgan fingerprint density at radius 2 is 2.11 bits per heavy atom. The van der Waals surface area contributed by atoms with Crippen LogP contribution in [0, 0.1) is 21.7 Å². The van der Waals surface area contributed by atoms with Gasteiger partial charge in [-0.1, -0.05) is 5.16 Å². The molecule has 0 unspecified atom stereocenters. The Morgan fingerprint density at radius 1 is 1.37 bits per heavy atom. The molecule has 1 aromatic carbocycles. The molecule has 0 saturated carbocycles. The number of nitro benzene ring substituents is 1. The van der Waals surface area contributed by atoms with Gasteiger partial charge >= 0.3 is 5.69 Å². The Morgan fingerprint density at radius 3 is 2.68 bits per heavy atom. The fourth-order valence-corrected chi connectivity index (χ4v) is 1.31. The summed E-state index contributed by atoms with van der Waals surface area (Å²) >= 11 is 0. The van der Waals surface area contributed by atoms with Gasteiger partial charge in [0.15, 0.2) is 5.82 Å². The van der Waals surface area contributed by atoms with Gasteiger partial charge in [-0.05, 0) is 6.07 Å². The van der Waals surface area contributed by atoms with Crippen LogP contribution >= 0.6 is 0 Å². The maximum absolute atomic E-state index is 13.5. The Bertz CT molecular complexity index is 642. The number of nitrogens with one attached hydrogen (secondary N) is 1. The highest BCUT2D eigenvalue weighted by Crippen LogP contribution is 2.22. The van der Waals surface area contributed by atoms with Gasteiger partial charge < -0.3 is 9.84 Å². The van der Waals surface area contributed by atoms with E-state index in [0.717, 1.165) is 0 Å². The minimum atomic E-state index is -1.31. The van der Waals surface area contributed by atoms with E-state index in [1.54, 1.807) is 0 Å². The highest BCUT2D eigenvalue weighted by Gasteiger charge is 2.22. The number of nitro groups is 1. The normalized spacial score (nSPS) is 10.2.